The second-order valence-corrected chi connectivity index (χ2v) is 5.43. The summed E-state index contributed by atoms with van der Waals surface area (Å²) >= 11 is 0. The number of hydrogen-bond acceptors (Lipinski definition) is 5. The molecule has 2 rings (SSSR count). The average Bonchev–Trinajstić information content (AvgIpc) is 2.45. The predicted octanol–water partition coefficient (Wildman–Crippen LogP) is 0.430. The maximum atomic E-state index is 12.2. The third-order valence-electron chi connectivity index (χ3n) is 3.77. The quantitative estimate of drug-likeness (QED) is 0.868. The first kappa shape index (κ1) is 14.7. The lowest BCUT2D eigenvalue weighted by molar-refractivity contribution is -0.123. The van der Waals surface area contributed by atoms with E-state index in [0.29, 0.717) is 6.04 Å². The monoisotopic (exact) mass is 277 g/mol. The summed E-state index contributed by atoms with van der Waals surface area (Å²) in [4.78, 5) is 25.0. The van der Waals surface area contributed by atoms with Gasteiger partial charge in [-0.15, -0.1) is 0 Å². The molecule has 0 bridgehead atoms. The van der Waals surface area contributed by atoms with Crippen LogP contribution in [0.5, 0.6) is 0 Å². The van der Waals surface area contributed by atoms with Gasteiger partial charge in [0.1, 0.15) is 18.2 Å². The zero-order valence-corrected chi connectivity index (χ0v) is 12.6. The number of rotatable bonds is 3. The molecule has 0 aromatic carbocycles. The molecular weight excluding hydrogens is 254 g/mol. The standard InChI is InChI=1S/C14H23N5O/c1-10(2)18-5-6-19(12(8-18)14(20)15-4)13-7-11(3)16-9-17-13/h7,9-10,12H,5-6,8H2,1-4H3,(H,15,20). The Kier molecular flexibility index (Phi) is 4.54. The Morgan fingerprint density at radius 3 is 2.75 bits per heavy atom. The smallest absolute Gasteiger partial charge is 0.243 e. The first-order valence-electron chi connectivity index (χ1n) is 7.04. The van der Waals surface area contributed by atoms with Gasteiger partial charge in [0, 0.05) is 44.5 Å². The van der Waals surface area contributed by atoms with Crippen LogP contribution in [0.4, 0.5) is 5.82 Å². The van der Waals surface area contributed by atoms with Crippen LogP contribution in [0.15, 0.2) is 12.4 Å². The Hall–Kier alpha value is -1.69. The number of aryl methyl sites for hydroxylation is 1. The number of anilines is 1. The van der Waals surface area contributed by atoms with Crippen LogP contribution in [0, 0.1) is 6.92 Å². The van der Waals surface area contributed by atoms with Crippen LogP contribution >= 0.6 is 0 Å². The molecule has 6 nitrogen and oxygen atoms in total. The molecule has 0 saturated carbocycles. The number of nitrogens with one attached hydrogen (secondary N) is 1. The van der Waals surface area contributed by atoms with Crippen LogP contribution in [0.2, 0.25) is 0 Å². The molecule has 1 aliphatic rings. The minimum absolute atomic E-state index is 0.0339. The third kappa shape index (κ3) is 3.07. The molecule has 1 fully saturated rings. The van der Waals surface area contributed by atoms with Crippen LogP contribution in [0.3, 0.4) is 0 Å². The van der Waals surface area contributed by atoms with Gasteiger partial charge in [-0.1, -0.05) is 0 Å². The molecule has 1 aliphatic heterocycles. The molecule has 1 atom stereocenters. The number of aromatic nitrogens is 2. The van der Waals surface area contributed by atoms with E-state index in [1.807, 2.05) is 13.0 Å². The summed E-state index contributed by atoms with van der Waals surface area (Å²) in [6.07, 6.45) is 1.56. The van der Waals surface area contributed by atoms with E-state index in [1.165, 1.54) is 0 Å². The summed E-state index contributed by atoms with van der Waals surface area (Å²) in [5.41, 5.74) is 0.914. The van der Waals surface area contributed by atoms with Gasteiger partial charge >= 0.3 is 0 Å². The molecule has 0 aliphatic carbocycles. The van der Waals surface area contributed by atoms with Gasteiger partial charge in [0.05, 0.1) is 0 Å². The molecule has 1 unspecified atom stereocenters. The SMILES string of the molecule is CNC(=O)C1CN(C(C)C)CCN1c1cc(C)ncn1. The molecule has 6 heteroatoms. The summed E-state index contributed by atoms with van der Waals surface area (Å²) in [7, 11) is 1.68. The summed E-state index contributed by atoms with van der Waals surface area (Å²) in [5.74, 6) is 0.862. The van der Waals surface area contributed by atoms with Crippen LogP contribution in [-0.2, 0) is 4.79 Å². The van der Waals surface area contributed by atoms with Gasteiger partial charge in [0.2, 0.25) is 5.91 Å². The normalized spacial score (nSPS) is 20.2. The van der Waals surface area contributed by atoms with Crippen molar-refractivity contribution >= 4 is 11.7 Å². The minimum atomic E-state index is -0.203. The molecule has 1 aromatic rings. The third-order valence-corrected chi connectivity index (χ3v) is 3.77. The Balaban J connectivity index is 2.24. The largest absolute Gasteiger partial charge is 0.357 e. The molecule has 0 radical (unpaired) electrons. The van der Waals surface area contributed by atoms with Crippen molar-refractivity contribution in [3.8, 4) is 0 Å². The van der Waals surface area contributed by atoms with Crippen molar-refractivity contribution in [2.45, 2.75) is 32.9 Å². The van der Waals surface area contributed by atoms with Gasteiger partial charge in [0.15, 0.2) is 0 Å². The van der Waals surface area contributed by atoms with E-state index in [1.54, 1.807) is 13.4 Å². The number of piperazine rings is 1. The molecule has 1 saturated heterocycles. The lowest BCUT2D eigenvalue weighted by atomic mass is 10.1. The summed E-state index contributed by atoms with van der Waals surface area (Å²) in [6, 6.07) is 2.17. The van der Waals surface area contributed by atoms with Crippen LogP contribution in [0.25, 0.3) is 0 Å². The van der Waals surface area contributed by atoms with E-state index in [2.05, 4.69) is 38.9 Å². The van der Waals surface area contributed by atoms with Gasteiger partial charge < -0.3 is 10.2 Å². The fourth-order valence-corrected chi connectivity index (χ4v) is 2.54. The van der Waals surface area contributed by atoms with E-state index < -0.39 is 0 Å². The Bertz CT molecular complexity index is 476. The lowest BCUT2D eigenvalue weighted by Crippen LogP contribution is -2.60. The van der Waals surface area contributed by atoms with E-state index in [-0.39, 0.29) is 11.9 Å². The van der Waals surface area contributed by atoms with E-state index in [9.17, 15) is 4.79 Å². The van der Waals surface area contributed by atoms with Crippen molar-refractivity contribution in [3.63, 3.8) is 0 Å². The molecular formula is C14H23N5O. The molecule has 110 valence electrons. The number of hydrogen-bond donors (Lipinski definition) is 1. The summed E-state index contributed by atoms with van der Waals surface area (Å²) < 4.78 is 0. The second kappa shape index (κ2) is 6.17. The number of nitrogens with zero attached hydrogens (tertiary/aromatic N) is 4. The van der Waals surface area contributed by atoms with Gasteiger partial charge in [0.25, 0.3) is 0 Å². The van der Waals surface area contributed by atoms with Crippen molar-refractivity contribution in [3.05, 3.63) is 18.1 Å². The van der Waals surface area contributed by atoms with Crippen LogP contribution < -0.4 is 10.2 Å². The van der Waals surface area contributed by atoms with Gasteiger partial charge in [-0.05, 0) is 20.8 Å². The van der Waals surface area contributed by atoms with Crippen molar-refractivity contribution in [2.24, 2.45) is 0 Å². The fraction of sp³-hybridized carbons (Fsp3) is 0.643. The second-order valence-electron chi connectivity index (χ2n) is 5.43. The lowest BCUT2D eigenvalue weighted by Gasteiger charge is -2.42. The van der Waals surface area contributed by atoms with E-state index >= 15 is 0 Å². The van der Waals surface area contributed by atoms with Gasteiger partial charge in [-0.25, -0.2) is 9.97 Å². The van der Waals surface area contributed by atoms with Crippen molar-refractivity contribution in [1.29, 1.82) is 0 Å². The van der Waals surface area contributed by atoms with Crippen molar-refractivity contribution in [1.82, 2.24) is 20.2 Å². The maximum absolute atomic E-state index is 12.2. The molecule has 2 heterocycles. The highest BCUT2D eigenvalue weighted by Crippen LogP contribution is 2.20. The van der Waals surface area contributed by atoms with Crippen LogP contribution in [0.1, 0.15) is 19.5 Å². The first-order valence-corrected chi connectivity index (χ1v) is 7.04. The predicted molar refractivity (Wildman–Crippen MR) is 78.7 cm³/mol. The molecule has 0 spiro atoms. The van der Waals surface area contributed by atoms with E-state index in [4.69, 9.17) is 0 Å². The molecule has 1 amide bonds. The fourth-order valence-electron chi connectivity index (χ4n) is 2.54. The molecule has 1 aromatic heterocycles. The highest BCUT2D eigenvalue weighted by atomic mass is 16.2. The summed E-state index contributed by atoms with van der Waals surface area (Å²) in [6.45, 7) is 8.71. The highest BCUT2D eigenvalue weighted by Gasteiger charge is 2.33. The van der Waals surface area contributed by atoms with Gasteiger partial charge in [-0.2, -0.15) is 0 Å². The zero-order chi connectivity index (χ0) is 14.7. The zero-order valence-electron chi connectivity index (χ0n) is 12.6. The molecule has 20 heavy (non-hydrogen) atoms. The van der Waals surface area contributed by atoms with Crippen molar-refractivity contribution < 1.29 is 4.79 Å². The average molecular weight is 277 g/mol. The number of carbonyl (C=O) groups excluding carboxylic acids is 1. The molecule has 1 N–H and O–H groups in total. The topological polar surface area (TPSA) is 61.4 Å². The minimum Gasteiger partial charge on any atom is -0.357 e. The number of carbonyl (C=O) groups is 1. The summed E-state index contributed by atoms with van der Waals surface area (Å²) in [5, 5.41) is 2.76. The maximum Gasteiger partial charge on any atom is 0.243 e. The van der Waals surface area contributed by atoms with E-state index in [0.717, 1.165) is 31.1 Å². The first-order chi connectivity index (χ1) is 9.52. The van der Waals surface area contributed by atoms with Crippen molar-refractivity contribution in [2.75, 3.05) is 31.6 Å². The Labute approximate surface area is 120 Å². The Morgan fingerprint density at radius 1 is 1.40 bits per heavy atom. The Morgan fingerprint density at radius 2 is 2.15 bits per heavy atom. The van der Waals surface area contributed by atoms with Gasteiger partial charge in [-0.3, -0.25) is 9.69 Å². The van der Waals surface area contributed by atoms with Crippen LogP contribution in [-0.4, -0.2) is 59.5 Å². The number of amides is 1. The highest BCUT2D eigenvalue weighted by molar-refractivity contribution is 5.85. The number of likely N-dealkylation sites (N-methyl/N-ethyl adjacent to an activating group) is 1.